The molecule has 2 rings (SSSR count). The molecule has 1 aliphatic rings. The van der Waals surface area contributed by atoms with Crippen molar-refractivity contribution in [2.45, 2.75) is 31.8 Å². The second-order valence-electron chi connectivity index (χ2n) is 5.96. The topological polar surface area (TPSA) is 64.6 Å². The lowest BCUT2D eigenvalue weighted by atomic mass is 10.1. The van der Waals surface area contributed by atoms with Crippen LogP contribution in [0.4, 0.5) is 9.18 Å². The minimum atomic E-state index is -0.837. The molecule has 128 valence electrons. The van der Waals surface area contributed by atoms with Gasteiger partial charge in [0.25, 0.3) is 0 Å². The first kappa shape index (κ1) is 17.7. The van der Waals surface area contributed by atoms with E-state index in [1.165, 1.54) is 50.2 Å². The smallest absolute Gasteiger partial charge is 0.314 e. The third kappa shape index (κ3) is 6.54. The van der Waals surface area contributed by atoms with E-state index in [-0.39, 0.29) is 18.4 Å². The normalized spacial score (nSPS) is 16.3. The third-order valence-electron chi connectivity index (χ3n) is 4.10. The van der Waals surface area contributed by atoms with Crippen molar-refractivity contribution in [2.75, 3.05) is 32.7 Å². The summed E-state index contributed by atoms with van der Waals surface area (Å²) in [5.74, 6) is -0.347. The number of rotatable bonds is 8. The van der Waals surface area contributed by atoms with Crippen LogP contribution >= 0.6 is 0 Å². The molecule has 23 heavy (non-hydrogen) atoms. The van der Waals surface area contributed by atoms with Gasteiger partial charge in [-0.2, -0.15) is 0 Å². The number of benzene rings is 1. The molecule has 3 N–H and O–H groups in total. The average Bonchev–Trinajstić information content (AvgIpc) is 3.06. The second kappa shape index (κ2) is 9.47. The van der Waals surface area contributed by atoms with E-state index in [1.807, 2.05) is 0 Å². The van der Waals surface area contributed by atoms with E-state index in [9.17, 15) is 14.3 Å². The zero-order valence-corrected chi connectivity index (χ0v) is 13.4. The number of carbonyl (C=O) groups excluding carboxylic acids is 1. The van der Waals surface area contributed by atoms with Gasteiger partial charge in [0.1, 0.15) is 5.82 Å². The highest BCUT2D eigenvalue weighted by Gasteiger charge is 2.11. The van der Waals surface area contributed by atoms with Crippen LogP contribution in [0.5, 0.6) is 0 Å². The molecule has 0 bridgehead atoms. The Morgan fingerprint density at radius 1 is 1.17 bits per heavy atom. The molecule has 6 heteroatoms. The minimum Gasteiger partial charge on any atom is -0.387 e. The number of amides is 2. The number of halogens is 1. The molecule has 0 spiro atoms. The van der Waals surface area contributed by atoms with Gasteiger partial charge in [0, 0.05) is 13.1 Å². The predicted molar refractivity (Wildman–Crippen MR) is 87.7 cm³/mol. The molecule has 1 heterocycles. The largest absolute Gasteiger partial charge is 0.387 e. The number of carbonyl (C=O) groups is 1. The van der Waals surface area contributed by atoms with Gasteiger partial charge in [-0.15, -0.1) is 0 Å². The predicted octanol–water partition coefficient (Wildman–Crippen LogP) is 2.03. The Morgan fingerprint density at radius 2 is 1.87 bits per heavy atom. The number of aliphatic hydroxyl groups is 1. The number of aliphatic hydroxyl groups excluding tert-OH is 1. The Morgan fingerprint density at radius 3 is 2.57 bits per heavy atom. The molecule has 1 aromatic carbocycles. The fourth-order valence-electron chi connectivity index (χ4n) is 2.72. The van der Waals surface area contributed by atoms with E-state index in [2.05, 4.69) is 15.5 Å². The van der Waals surface area contributed by atoms with Crippen LogP contribution in [-0.2, 0) is 0 Å². The van der Waals surface area contributed by atoms with Gasteiger partial charge in [-0.05, 0) is 63.0 Å². The monoisotopic (exact) mass is 323 g/mol. The Bertz CT molecular complexity index is 475. The molecule has 5 nitrogen and oxygen atoms in total. The van der Waals surface area contributed by atoms with Crippen molar-refractivity contribution in [3.63, 3.8) is 0 Å². The van der Waals surface area contributed by atoms with Crippen molar-refractivity contribution in [1.82, 2.24) is 15.5 Å². The van der Waals surface area contributed by atoms with Crippen molar-refractivity contribution in [3.05, 3.63) is 35.6 Å². The molecule has 1 fully saturated rings. The van der Waals surface area contributed by atoms with Crippen LogP contribution in [0.25, 0.3) is 0 Å². The summed E-state index contributed by atoms with van der Waals surface area (Å²) in [7, 11) is 0. The van der Waals surface area contributed by atoms with Crippen LogP contribution in [0.1, 0.15) is 37.4 Å². The summed E-state index contributed by atoms with van der Waals surface area (Å²) in [5, 5.41) is 15.3. The first-order valence-electron chi connectivity index (χ1n) is 8.33. The fraction of sp³-hybridized carbons (Fsp3) is 0.588. The average molecular weight is 323 g/mol. The molecular weight excluding hydrogens is 297 g/mol. The van der Waals surface area contributed by atoms with Crippen LogP contribution in [0, 0.1) is 5.82 Å². The van der Waals surface area contributed by atoms with E-state index in [1.54, 1.807) is 0 Å². The summed E-state index contributed by atoms with van der Waals surface area (Å²) in [6.07, 6.45) is 3.80. The summed E-state index contributed by atoms with van der Waals surface area (Å²) >= 11 is 0. The van der Waals surface area contributed by atoms with Crippen LogP contribution in [-0.4, -0.2) is 48.8 Å². The van der Waals surface area contributed by atoms with Gasteiger partial charge in [0.05, 0.1) is 6.10 Å². The summed E-state index contributed by atoms with van der Waals surface area (Å²) in [4.78, 5) is 14.1. The Kier molecular flexibility index (Phi) is 7.29. The second-order valence-corrected chi connectivity index (χ2v) is 5.96. The van der Waals surface area contributed by atoms with E-state index >= 15 is 0 Å². The van der Waals surface area contributed by atoms with Crippen molar-refractivity contribution in [1.29, 1.82) is 0 Å². The lowest BCUT2D eigenvalue weighted by molar-refractivity contribution is 0.173. The highest BCUT2D eigenvalue weighted by atomic mass is 19.1. The molecule has 1 atom stereocenters. The Hall–Kier alpha value is -1.66. The van der Waals surface area contributed by atoms with Crippen molar-refractivity contribution in [3.8, 4) is 0 Å². The molecular formula is C17H26FN3O2. The van der Waals surface area contributed by atoms with E-state index in [4.69, 9.17) is 0 Å². The quantitative estimate of drug-likeness (QED) is 0.642. The first-order valence-corrected chi connectivity index (χ1v) is 8.33. The standard InChI is InChI=1S/C17H26FN3O2/c18-15-7-5-14(6-8-15)16(22)13-20-17(23)19-9-1-2-10-21-11-3-4-12-21/h5-8,16,22H,1-4,9-13H2,(H2,19,20,23). The van der Waals surface area contributed by atoms with Crippen molar-refractivity contribution in [2.24, 2.45) is 0 Å². The van der Waals surface area contributed by atoms with Gasteiger partial charge in [0.2, 0.25) is 0 Å². The van der Waals surface area contributed by atoms with Gasteiger partial charge < -0.3 is 20.6 Å². The molecule has 0 saturated carbocycles. The highest BCUT2D eigenvalue weighted by molar-refractivity contribution is 5.73. The van der Waals surface area contributed by atoms with E-state index in [0.29, 0.717) is 12.1 Å². The van der Waals surface area contributed by atoms with Crippen LogP contribution in [0.15, 0.2) is 24.3 Å². The maximum Gasteiger partial charge on any atom is 0.314 e. The maximum atomic E-state index is 12.8. The lowest BCUT2D eigenvalue weighted by Crippen LogP contribution is -2.38. The number of hydrogen-bond acceptors (Lipinski definition) is 3. The SMILES string of the molecule is O=C(NCCCCN1CCCC1)NCC(O)c1ccc(F)cc1. The van der Waals surface area contributed by atoms with Gasteiger partial charge in [-0.25, -0.2) is 9.18 Å². The third-order valence-corrected chi connectivity index (χ3v) is 4.10. The summed E-state index contributed by atoms with van der Waals surface area (Å²) in [6, 6.07) is 5.32. The lowest BCUT2D eigenvalue weighted by Gasteiger charge is -2.15. The number of nitrogens with one attached hydrogen (secondary N) is 2. The fourth-order valence-corrected chi connectivity index (χ4v) is 2.72. The van der Waals surface area contributed by atoms with E-state index in [0.717, 1.165) is 19.4 Å². The van der Waals surface area contributed by atoms with E-state index < -0.39 is 6.10 Å². The number of unbranched alkanes of at least 4 members (excludes halogenated alkanes) is 1. The Labute approximate surface area is 136 Å². The molecule has 0 aliphatic carbocycles. The molecule has 0 radical (unpaired) electrons. The zero-order valence-electron chi connectivity index (χ0n) is 13.4. The molecule has 1 saturated heterocycles. The van der Waals surface area contributed by atoms with Gasteiger partial charge in [-0.3, -0.25) is 0 Å². The van der Waals surface area contributed by atoms with Gasteiger partial charge in [0.15, 0.2) is 0 Å². The first-order chi connectivity index (χ1) is 11.1. The number of hydrogen-bond donors (Lipinski definition) is 3. The summed E-state index contributed by atoms with van der Waals surface area (Å²) < 4.78 is 12.8. The summed E-state index contributed by atoms with van der Waals surface area (Å²) in [6.45, 7) is 4.24. The number of likely N-dealkylation sites (tertiary alicyclic amines) is 1. The Balaban J connectivity index is 1.53. The molecule has 1 aliphatic heterocycles. The van der Waals surface area contributed by atoms with Crippen molar-refractivity contribution < 1.29 is 14.3 Å². The van der Waals surface area contributed by atoms with Crippen LogP contribution < -0.4 is 10.6 Å². The van der Waals surface area contributed by atoms with Gasteiger partial charge in [-0.1, -0.05) is 12.1 Å². The van der Waals surface area contributed by atoms with Crippen LogP contribution in [0.3, 0.4) is 0 Å². The highest BCUT2D eigenvalue weighted by Crippen LogP contribution is 2.12. The molecule has 1 unspecified atom stereocenters. The van der Waals surface area contributed by atoms with Crippen LogP contribution in [0.2, 0.25) is 0 Å². The minimum absolute atomic E-state index is 0.102. The maximum absolute atomic E-state index is 12.8. The van der Waals surface area contributed by atoms with Crippen molar-refractivity contribution >= 4 is 6.03 Å². The molecule has 2 amide bonds. The number of urea groups is 1. The molecule has 1 aromatic rings. The number of nitrogens with zero attached hydrogens (tertiary/aromatic N) is 1. The van der Waals surface area contributed by atoms with Gasteiger partial charge >= 0.3 is 6.03 Å². The molecule has 0 aromatic heterocycles. The summed E-state index contributed by atoms with van der Waals surface area (Å²) in [5.41, 5.74) is 0.581. The zero-order chi connectivity index (χ0) is 16.5.